The molecule has 0 fully saturated rings. The average molecular weight is 395 g/mol. The van der Waals surface area contributed by atoms with Gasteiger partial charge in [0, 0.05) is 17.0 Å². The molecule has 0 saturated heterocycles. The van der Waals surface area contributed by atoms with Crippen LogP contribution in [0, 0.1) is 20.8 Å². The third kappa shape index (κ3) is 2.38. The number of benzene rings is 3. The van der Waals surface area contributed by atoms with E-state index in [1.54, 1.807) is 0 Å². The first-order chi connectivity index (χ1) is 14.1. The van der Waals surface area contributed by atoms with Gasteiger partial charge in [0.2, 0.25) is 11.2 Å². The number of hydrogen-bond acceptors (Lipinski definition) is 0. The van der Waals surface area contributed by atoms with Crippen molar-refractivity contribution < 1.29 is 4.57 Å². The Balaban J connectivity index is 2.07. The molecule has 0 N–H and O–H groups in total. The molecule has 0 bridgehead atoms. The summed E-state index contributed by atoms with van der Waals surface area (Å²) in [7, 11) is 2.26. The topological polar surface area (TPSA) is 3.88 Å². The summed E-state index contributed by atoms with van der Waals surface area (Å²) in [6.07, 6.45) is 0. The molecule has 1 aliphatic rings. The van der Waals surface area contributed by atoms with Gasteiger partial charge in [-0.25, -0.2) is 0 Å². The maximum atomic E-state index is 2.50. The normalized spacial score (nSPS) is 14.6. The predicted molar refractivity (Wildman–Crippen MR) is 128 cm³/mol. The molecule has 0 aliphatic heterocycles. The standard InChI is InChI=1S/C29H32N/c1-16(2)21-10-9-11-25-22(21)15-24-28(30(25)8)26-19(5)18(4)14-20-12-17(3)13-23(27(20)26)29(24,6)7/h9-16H,1-8H3/q+1. The largest absolute Gasteiger partial charge is 0.217 e. The summed E-state index contributed by atoms with van der Waals surface area (Å²) in [6.45, 7) is 16.2. The van der Waals surface area contributed by atoms with Crippen molar-refractivity contribution >= 4 is 21.7 Å². The van der Waals surface area contributed by atoms with Crippen LogP contribution in [0.15, 0.2) is 42.5 Å². The smallest absolute Gasteiger partial charge is 0.194 e. The Labute approximate surface area is 180 Å². The maximum absolute atomic E-state index is 2.50. The van der Waals surface area contributed by atoms with Crippen LogP contribution < -0.4 is 4.57 Å². The van der Waals surface area contributed by atoms with Crippen LogP contribution in [-0.2, 0) is 12.5 Å². The first kappa shape index (κ1) is 19.3. The third-order valence-electron chi connectivity index (χ3n) is 7.46. The molecule has 1 heteroatoms. The maximum Gasteiger partial charge on any atom is 0.217 e. The van der Waals surface area contributed by atoms with Gasteiger partial charge in [0.15, 0.2) is 0 Å². The molecule has 0 atom stereocenters. The average Bonchev–Trinajstić information content (AvgIpc) is 2.68. The quantitative estimate of drug-likeness (QED) is 0.301. The number of aryl methyl sites for hydroxylation is 3. The lowest BCUT2D eigenvalue weighted by Crippen LogP contribution is -2.39. The third-order valence-corrected chi connectivity index (χ3v) is 7.46. The zero-order valence-corrected chi connectivity index (χ0v) is 19.6. The van der Waals surface area contributed by atoms with Crippen LogP contribution in [0.4, 0.5) is 0 Å². The van der Waals surface area contributed by atoms with Crippen LogP contribution in [0.1, 0.15) is 67.0 Å². The zero-order chi connectivity index (χ0) is 21.5. The van der Waals surface area contributed by atoms with E-state index in [2.05, 4.69) is 103 Å². The molecule has 1 aliphatic carbocycles. The summed E-state index contributed by atoms with van der Waals surface area (Å²) in [4.78, 5) is 0. The van der Waals surface area contributed by atoms with E-state index in [0.717, 1.165) is 0 Å². The van der Waals surface area contributed by atoms with Gasteiger partial charge in [-0.15, -0.1) is 0 Å². The Morgan fingerprint density at radius 2 is 1.63 bits per heavy atom. The fraction of sp³-hybridized carbons (Fsp3) is 0.345. The second-order valence-electron chi connectivity index (χ2n) is 10.1. The lowest BCUT2D eigenvalue weighted by molar-refractivity contribution is -0.634. The highest BCUT2D eigenvalue weighted by atomic mass is 14.9. The Morgan fingerprint density at radius 1 is 0.900 bits per heavy atom. The van der Waals surface area contributed by atoms with Crippen molar-refractivity contribution in [2.24, 2.45) is 7.05 Å². The Morgan fingerprint density at radius 3 is 2.33 bits per heavy atom. The molecule has 5 rings (SSSR count). The molecular weight excluding hydrogens is 362 g/mol. The number of nitrogens with zero attached hydrogens (tertiary/aromatic N) is 1. The van der Waals surface area contributed by atoms with Gasteiger partial charge in [0.05, 0.1) is 10.9 Å². The van der Waals surface area contributed by atoms with Gasteiger partial charge in [-0.05, 0) is 65.8 Å². The first-order valence-electron chi connectivity index (χ1n) is 11.1. The molecule has 1 aromatic heterocycles. The van der Waals surface area contributed by atoms with Gasteiger partial charge in [-0.3, -0.25) is 0 Å². The molecule has 0 spiro atoms. The lowest BCUT2D eigenvalue weighted by Gasteiger charge is -2.35. The van der Waals surface area contributed by atoms with E-state index < -0.39 is 0 Å². The fourth-order valence-electron chi connectivity index (χ4n) is 5.68. The molecule has 0 amide bonds. The molecule has 0 saturated carbocycles. The second kappa shape index (κ2) is 6.17. The number of rotatable bonds is 1. The van der Waals surface area contributed by atoms with Crippen molar-refractivity contribution in [1.29, 1.82) is 0 Å². The molecule has 1 nitrogen and oxygen atoms in total. The molecular formula is C29H32N+. The molecule has 30 heavy (non-hydrogen) atoms. The van der Waals surface area contributed by atoms with Crippen molar-refractivity contribution in [3.05, 3.63) is 75.8 Å². The summed E-state index contributed by atoms with van der Waals surface area (Å²) in [5.41, 5.74) is 12.5. The zero-order valence-electron chi connectivity index (χ0n) is 19.6. The van der Waals surface area contributed by atoms with Crippen molar-refractivity contribution in [3.63, 3.8) is 0 Å². The van der Waals surface area contributed by atoms with Crippen molar-refractivity contribution in [3.8, 4) is 11.3 Å². The highest BCUT2D eigenvalue weighted by Gasteiger charge is 2.40. The van der Waals surface area contributed by atoms with E-state index in [1.165, 1.54) is 66.3 Å². The SMILES string of the molecule is Cc1cc2c3c(c(C)c(C)cc3c1)-c1c(cc3c(C(C)C)cccc3[n+]1C)C2(C)C. The van der Waals surface area contributed by atoms with Crippen LogP contribution in [-0.4, -0.2) is 0 Å². The molecule has 0 unspecified atom stereocenters. The molecule has 1 heterocycles. The number of pyridine rings is 1. The molecule has 3 aromatic carbocycles. The second-order valence-corrected chi connectivity index (χ2v) is 10.1. The summed E-state index contributed by atoms with van der Waals surface area (Å²) in [5, 5.41) is 4.20. The minimum absolute atomic E-state index is 0.0512. The molecule has 152 valence electrons. The van der Waals surface area contributed by atoms with Crippen LogP contribution in [0.3, 0.4) is 0 Å². The van der Waals surface area contributed by atoms with Gasteiger partial charge >= 0.3 is 0 Å². The van der Waals surface area contributed by atoms with Gasteiger partial charge in [-0.1, -0.05) is 63.6 Å². The number of fused-ring (bicyclic) bond motifs is 3. The Kier molecular flexibility index (Phi) is 3.97. The lowest BCUT2D eigenvalue weighted by atomic mass is 9.68. The van der Waals surface area contributed by atoms with E-state index in [1.807, 2.05) is 0 Å². The minimum Gasteiger partial charge on any atom is -0.194 e. The molecule has 4 aromatic rings. The Hall–Kier alpha value is -2.67. The van der Waals surface area contributed by atoms with Gasteiger partial charge in [0.25, 0.3) is 0 Å². The van der Waals surface area contributed by atoms with Crippen LogP contribution in [0.25, 0.3) is 32.9 Å². The van der Waals surface area contributed by atoms with Crippen LogP contribution in [0.2, 0.25) is 0 Å². The summed E-state index contributed by atoms with van der Waals surface area (Å²) in [6, 6.07) is 16.4. The monoisotopic (exact) mass is 394 g/mol. The van der Waals surface area contributed by atoms with Crippen molar-refractivity contribution in [1.82, 2.24) is 0 Å². The van der Waals surface area contributed by atoms with Crippen LogP contribution >= 0.6 is 0 Å². The van der Waals surface area contributed by atoms with Gasteiger partial charge in [0.1, 0.15) is 7.05 Å². The van der Waals surface area contributed by atoms with Gasteiger partial charge in [-0.2, -0.15) is 4.57 Å². The highest BCUT2D eigenvalue weighted by Crippen LogP contribution is 2.50. The van der Waals surface area contributed by atoms with Crippen molar-refractivity contribution in [2.45, 2.75) is 59.8 Å². The molecule has 0 radical (unpaired) electrons. The van der Waals surface area contributed by atoms with Crippen molar-refractivity contribution in [2.75, 3.05) is 0 Å². The first-order valence-corrected chi connectivity index (χ1v) is 11.1. The van der Waals surface area contributed by atoms with Gasteiger partial charge < -0.3 is 0 Å². The van der Waals surface area contributed by atoms with E-state index in [-0.39, 0.29) is 5.41 Å². The van der Waals surface area contributed by atoms with E-state index in [9.17, 15) is 0 Å². The predicted octanol–water partition coefficient (Wildman–Crippen LogP) is 7.17. The minimum atomic E-state index is -0.0512. The van der Waals surface area contributed by atoms with E-state index in [0.29, 0.717) is 5.92 Å². The summed E-state index contributed by atoms with van der Waals surface area (Å²) < 4.78 is 2.46. The summed E-state index contributed by atoms with van der Waals surface area (Å²) in [5.74, 6) is 0.500. The summed E-state index contributed by atoms with van der Waals surface area (Å²) >= 11 is 0. The Bertz CT molecular complexity index is 1370. The van der Waals surface area contributed by atoms with E-state index >= 15 is 0 Å². The van der Waals surface area contributed by atoms with Crippen LogP contribution in [0.5, 0.6) is 0 Å². The number of hydrogen-bond donors (Lipinski definition) is 0. The highest BCUT2D eigenvalue weighted by molar-refractivity contribution is 6.04. The van der Waals surface area contributed by atoms with E-state index in [4.69, 9.17) is 0 Å². The number of aromatic nitrogens is 1. The fourth-order valence-corrected chi connectivity index (χ4v) is 5.68.